The first-order valence-corrected chi connectivity index (χ1v) is 10.4. The van der Waals surface area contributed by atoms with E-state index < -0.39 is 5.91 Å². The Balaban J connectivity index is 1.54. The van der Waals surface area contributed by atoms with E-state index in [9.17, 15) is 14.4 Å². The van der Waals surface area contributed by atoms with Crippen LogP contribution in [0.5, 0.6) is 0 Å². The Morgan fingerprint density at radius 1 is 1.00 bits per heavy atom. The van der Waals surface area contributed by atoms with Gasteiger partial charge in [-0.25, -0.2) is 0 Å². The van der Waals surface area contributed by atoms with E-state index in [0.717, 1.165) is 31.2 Å². The molecule has 6 nitrogen and oxygen atoms in total. The van der Waals surface area contributed by atoms with Crippen LogP contribution in [0.2, 0.25) is 0 Å². The van der Waals surface area contributed by atoms with E-state index in [0.29, 0.717) is 23.6 Å². The maximum Gasteiger partial charge on any atom is 0.306 e. The summed E-state index contributed by atoms with van der Waals surface area (Å²) in [6.07, 6.45) is 4.76. The molecule has 1 aliphatic rings. The van der Waals surface area contributed by atoms with Crippen LogP contribution in [0, 0.1) is 5.92 Å². The second-order valence-electron chi connectivity index (χ2n) is 7.71. The van der Waals surface area contributed by atoms with Crippen LogP contribution >= 0.6 is 0 Å². The topological polar surface area (TPSA) is 84.5 Å². The van der Waals surface area contributed by atoms with Gasteiger partial charge in [-0.2, -0.15) is 0 Å². The number of rotatable bonds is 8. The number of hydrogen-bond donors (Lipinski definition) is 2. The monoisotopic (exact) mass is 408 g/mol. The summed E-state index contributed by atoms with van der Waals surface area (Å²) in [6.45, 7) is 1.54. The van der Waals surface area contributed by atoms with E-state index in [1.807, 2.05) is 37.3 Å². The van der Waals surface area contributed by atoms with Gasteiger partial charge in [0.2, 0.25) is 0 Å². The fourth-order valence-electron chi connectivity index (χ4n) is 3.73. The molecule has 3 rings (SSSR count). The quantitative estimate of drug-likeness (QED) is 0.640. The van der Waals surface area contributed by atoms with Crippen LogP contribution in [0.4, 0.5) is 5.69 Å². The minimum absolute atomic E-state index is 0.181. The highest BCUT2D eigenvalue weighted by Crippen LogP contribution is 2.27. The number of amides is 2. The molecular formula is C24H28N2O4. The third kappa shape index (κ3) is 6.17. The number of carbonyl (C=O) groups excluding carboxylic acids is 3. The molecule has 1 aliphatic carbocycles. The van der Waals surface area contributed by atoms with Gasteiger partial charge in [0.05, 0.1) is 17.3 Å². The third-order valence-electron chi connectivity index (χ3n) is 5.39. The molecule has 2 aromatic carbocycles. The number of nitrogens with one attached hydrogen (secondary N) is 2. The largest absolute Gasteiger partial charge is 0.456 e. The highest BCUT2D eigenvalue weighted by molar-refractivity contribution is 6.04. The molecule has 0 heterocycles. The first-order valence-electron chi connectivity index (χ1n) is 10.4. The molecule has 2 aromatic rings. The molecule has 30 heavy (non-hydrogen) atoms. The molecule has 2 amide bonds. The van der Waals surface area contributed by atoms with E-state index in [1.165, 1.54) is 0 Å². The summed E-state index contributed by atoms with van der Waals surface area (Å²) < 4.78 is 5.11. The number of benzene rings is 2. The van der Waals surface area contributed by atoms with Crippen molar-refractivity contribution in [3.63, 3.8) is 0 Å². The van der Waals surface area contributed by atoms with Crippen molar-refractivity contribution < 1.29 is 19.1 Å². The van der Waals surface area contributed by atoms with Crippen molar-refractivity contribution in [2.24, 2.45) is 5.92 Å². The van der Waals surface area contributed by atoms with Crippen LogP contribution in [0.25, 0.3) is 0 Å². The fraction of sp³-hybridized carbons (Fsp3) is 0.375. The predicted octanol–water partition coefficient (Wildman–Crippen LogP) is 4.24. The van der Waals surface area contributed by atoms with E-state index in [1.54, 1.807) is 24.3 Å². The average molecular weight is 408 g/mol. The third-order valence-corrected chi connectivity index (χ3v) is 5.39. The summed E-state index contributed by atoms with van der Waals surface area (Å²) >= 11 is 0. The maximum atomic E-state index is 12.7. The number of esters is 1. The lowest BCUT2D eigenvalue weighted by Crippen LogP contribution is -2.28. The molecule has 0 saturated heterocycles. The van der Waals surface area contributed by atoms with Crippen molar-refractivity contribution in [2.45, 2.75) is 45.1 Å². The van der Waals surface area contributed by atoms with Gasteiger partial charge in [-0.15, -0.1) is 0 Å². The van der Waals surface area contributed by atoms with Crippen LogP contribution in [-0.4, -0.2) is 24.4 Å². The van der Waals surface area contributed by atoms with E-state index in [4.69, 9.17) is 4.74 Å². The molecule has 1 unspecified atom stereocenters. The van der Waals surface area contributed by atoms with Gasteiger partial charge in [0.15, 0.2) is 6.61 Å². The standard InChI is InChI=1S/C24H28N2O4/c1-17(19-11-3-2-4-12-19)25-24(29)20-13-7-8-14-21(20)26-22(27)16-30-23(28)15-18-9-5-6-10-18/h2-4,7-8,11-14,17-18H,5-6,9-10,15-16H2,1H3,(H,25,29)(H,26,27). The van der Waals surface area contributed by atoms with Crippen LogP contribution in [-0.2, 0) is 14.3 Å². The van der Waals surface area contributed by atoms with Gasteiger partial charge in [-0.1, -0.05) is 55.3 Å². The summed E-state index contributed by atoms with van der Waals surface area (Å²) in [5.41, 5.74) is 1.72. The van der Waals surface area contributed by atoms with Crippen LogP contribution in [0.3, 0.4) is 0 Å². The zero-order valence-electron chi connectivity index (χ0n) is 17.2. The van der Waals surface area contributed by atoms with E-state index in [-0.39, 0.29) is 24.5 Å². The molecule has 0 aromatic heterocycles. The lowest BCUT2D eigenvalue weighted by molar-refractivity contribution is -0.148. The Kier molecular flexibility index (Phi) is 7.60. The summed E-state index contributed by atoms with van der Waals surface area (Å²) in [6, 6.07) is 16.2. The minimum Gasteiger partial charge on any atom is -0.456 e. The maximum absolute atomic E-state index is 12.7. The minimum atomic E-state index is -0.467. The van der Waals surface area contributed by atoms with Crippen molar-refractivity contribution in [2.75, 3.05) is 11.9 Å². The average Bonchev–Trinajstić information content (AvgIpc) is 3.26. The number of hydrogen-bond acceptors (Lipinski definition) is 4. The smallest absolute Gasteiger partial charge is 0.306 e. The molecule has 158 valence electrons. The lowest BCUT2D eigenvalue weighted by atomic mass is 10.0. The van der Waals surface area contributed by atoms with Gasteiger partial charge in [0.25, 0.3) is 11.8 Å². The molecule has 1 fully saturated rings. The Bertz CT molecular complexity index is 876. The normalized spacial score (nSPS) is 14.7. The van der Waals surface area contributed by atoms with Crippen molar-refractivity contribution in [3.8, 4) is 0 Å². The predicted molar refractivity (Wildman–Crippen MR) is 115 cm³/mol. The first-order chi connectivity index (χ1) is 14.5. The van der Waals surface area contributed by atoms with Crippen LogP contribution in [0.15, 0.2) is 54.6 Å². The first kappa shape index (κ1) is 21.6. The van der Waals surface area contributed by atoms with Crippen molar-refractivity contribution in [1.82, 2.24) is 5.32 Å². The number of para-hydroxylation sites is 1. The van der Waals surface area contributed by atoms with Crippen LogP contribution < -0.4 is 10.6 Å². The van der Waals surface area contributed by atoms with E-state index in [2.05, 4.69) is 10.6 Å². The molecule has 1 saturated carbocycles. The van der Waals surface area contributed by atoms with Crippen molar-refractivity contribution in [3.05, 3.63) is 65.7 Å². The van der Waals surface area contributed by atoms with E-state index >= 15 is 0 Å². The van der Waals surface area contributed by atoms with Gasteiger partial charge >= 0.3 is 5.97 Å². The Hall–Kier alpha value is -3.15. The molecule has 2 N–H and O–H groups in total. The molecule has 0 spiro atoms. The summed E-state index contributed by atoms with van der Waals surface area (Å²) in [7, 11) is 0. The van der Waals surface area contributed by atoms with Gasteiger partial charge in [-0.3, -0.25) is 14.4 Å². The van der Waals surface area contributed by atoms with Crippen molar-refractivity contribution in [1.29, 1.82) is 0 Å². The number of carbonyl (C=O) groups is 3. The fourth-order valence-corrected chi connectivity index (χ4v) is 3.73. The van der Waals surface area contributed by atoms with Gasteiger partial charge in [-0.05, 0) is 43.4 Å². The van der Waals surface area contributed by atoms with Gasteiger partial charge < -0.3 is 15.4 Å². The number of ether oxygens (including phenoxy) is 1. The molecule has 1 atom stereocenters. The zero-order valence-corrected chi connectivity index (χ0v) is 17.2. The molecule has 0 bridgehead atoms. The highest BCUT2D eigenvalue weighted by Gasteiger charge is 2.20. The molecule has 0 radical (unpaired) electrons. The lowest BCUT2D eigenvalue weighted by Gasteiger charge is -2.16. The van der Waals surface area contributed by atoms with Crippen molar-refractivity contribution >= 4 is 23.5 Å². The summed E-state index contributed by atoms with van der Waals surface area (Å²) in [5.74, 6) is -0.733. The Labute approximate surface area is 177 Å². The summed E-state index contributed by atoms with van der Waals surface area (Å²) in [4.78, 5) is 36.9. The summed E-state index contributed by atoms with van der Waals surface area (Å²) in [5, 5.41) is 5.62. The Morgan fingerprint density at radius 2 is 1.67 bits per heavy atom. The second kappa shape index (κ2) is 10.6. The SMILES string of the molecule is CC(NC(=O)c1ccccc1NC(=O)COC(=O)CC1CCCC1)c1ccccc1. The highest BCUT2D eigenvalue weighted by atomic mass is 16.5. The zero-order chi connectivity index (χ0) is 21.3. The molecule has 0 aliphatic heterocycles. The second-order valence-corrected chi connectivity index (χ2v) is 7.71. The van der Waals surface area contributed by atoms with Gasteiger partial charge in [0, 0.05) is 6.42 Å². The molecule has 6 heteroatoms. The number of anilines is 1. The van der Waals surface area contributed by atoms with Crippen LogP contribution in [0.1, 0.15) is 61.0 Å². The molecular weight excluding hydrogens is 380 g/mol. The Morgan fingerprint density at radius 3 is 2.40 bits per heavy atom. The van der Waals surface area contributed by atoms with Gasteiger partial charge in [0.1, 0.15) is 0 Å².